The lowest BCUT2D eigenvalue weighted by Crippen LogP contribution is -2.37. The summed E-state index contributed by atoms with van der Waals surface area (Å²) in [5, 5.41) is 1.30. The van der Waals surface area contributed by atoms with E-state index < -0.39 is 0 Å². The minimum absolute atomic E-state index is 0.0907. The van der Waals surface area contributed by atoms with Crippen molar-refractivity contribution in [3.05, 3.63) is 47.0 Å². The van der Waals surface area contributed by atoms with E-state index in [1.807, 2.05) is 4.90 Å². The molecule has 2 aromatic heterocycles. The van der Waals surface area contributed by atoms with Crippen LogP contribution in [0.1, 0.15) is 27.3 Å². The van der Waals surface area contributed by atoms with Gasteiger partial charge in [0.15, 0.2) is 5.82 Å². The average Bonchev–Trinajstić information content (AvgIpc) is 3.09. The first-order chi connectivity index (χ1) is 11.1. The summed E-state index contributed by atoms with van der Waals surface area (Å²) < 4.78 is 2.19. The van der Waals surface area contributed by atoms with Gasteiger partial charge in [0, 0.05) is 30.2 Å². The first-order valence-corrected chi connectivity index (χ1v) is 7.71. The van der Waals surface area contributed by atoms with Gasteiger partial charge < -0.3 is 20.2 Å². The fourth-order valence-electron chi connectivity index (χ4n) is 3.48. The number of nitrogen functional groups attached to an aromatic ring is 1. The van der Waals surface area contributed by atoms with Gasteiger partial charge in [0.1, 0.15) is 5.69 Å². The Morgan fingerprint density at radius 3 is 2.96 bits per heavy atom. The summed E-state index contributed by atoms with van der Waals surface area (Å²) >= 11 is 0. The predicted molar refractivity (Wildman–Crippen MR) is 89.1 cm³/mol. The number of aromatic amines is 1. The van der Waals surface area contributed by atoms with Crippen LogP contribution in [0, 0.1) is 6.92 Å². The number of nitrogens with two attached hydrogens (primary N) is 1. The van der Waals surface area contributed by atoms with Gasteiger partial charge in [-0.25, -0.2) is 4.98 Å². The van der Waals surface area contributed by atoms with Crippen LogP contribution in [-0.2, 0) is 20.0 Å². The number of fused-ring (bicyclic) bond motifs is 3. The highest BCUT2D eigenvalue weighted by molar-refractivity contribution is 5.97. The molecule has 0 saturated heterocycles. The van der Waals surface area contributed by atoms with E-state index in [0.29, 0.717) is 18.8 Å². The van der Waals surface area contributed by atoms with Crippen LogP contribution in [0.25, 0.3) is 10.9 Å². The first-order valence-electron chi connectivity index (χ1n) is 7.71. The molecule has 1 amide bonds. The second-order valence-electron chi connectivity index (χ2n) is 6.14. The first kappa shape index (κ1) is 13.9. The fourth-order valence-corrected chi connectivity index (χ4v) is 3.48. The van der Waals surface area contributed by atoms with E-state index in [1.54, 1.807) is 0 Å². The van der Waals surface area contributed by atoms with Crippen molar-refractivity contribution in [2.24, 2.45) is 7.05 Å². The van der Waals surface area contributed by atoms with Crippen molar-refractivity contribution in [1.82, 2.24) is 19.4 Å². The van der Waals surface area contributed by atoms with Gasteiger partial charge in [-0.3, -0.25) is 4.79 Å². The molecule has 118 valence electrons. The lowest BCUT2D eigenvalue weighted by Gasteiger charge is -2.27. The molecule has 0 atom stereocenters. The van der Waals surface area contributed by atoms with Crippen molar-refractivity contribution in [2.75, 3.05) is 12.3 Å². The Labute approximate surface area is 133 Å². The van der Waals surface area contributed by atoms with Gasteiger partial charge in [-0.05, 0) is 31.0 Å². The van der Waals surface area contributed by atoms with E-state index in [-0.39, 0.29) is 11.7 Å². The molecule has 3 heterocycles. The molecule has 0 unspecified atom stereocenters. The van der Waals surface area contributed by atoms with E-state index in [1.165, 1.54) is 34.1 Å². The van der Waals surface area contributed by atoms with Crippen molar-refractivity contribution < 1.29 is 4.79 Å². The monoisotopic (exact) mass is 309 g/mol. The third-order valence-electron chi connectivity index (χ3n) is 4.73. The molecule has 0 radical (unpaired) electrons. The highest BCUT2D eigenvalue weighted by Gasteiger charge is 2.27. The normalized spacial score (nSPS) is 14.3. The van der Waals surface area contributed by atoms with Gasteiger partial charge in [-0.1, -0.05) is 11.6 Å². The van der Waals surface area contributed by atoms with Crippen LogP contribution in [0.5, 0.6) is 0 Å². The lowest BCUT2D eigenvalue weighted by atomic mass is 10.0. The molecule has 0 spiro atoms. The van der Waals surface area contributed by atoms with Crippen LogP contribution >= 0.6 is 0 Å². The fraction of sp³-hybridized carbons (Fsp3) is 0.294. The molecule has 23 heavy (non-hydrogen) atoms. The number of aryl methyl sites for hydroxylation is 2. The Kier molecular flexibility index (Phi) is 2.94. The second kappa shape index (κ2) is 4.87. The smallest absolute Gasteiger partial charge is 0.274 e. The molecule has 0 aliphatic carbocycles. The van der Waals surface area contributed by atoms with Crippen molar-refractivity contribution in [1.29, 1.82) is 0 Å². The maximum Gasteiger partial charge on any atom is 0.274 e. The number of hydrogen-bond donors (Lipinski definition) is 2. The number of nitrogens with one attached hydrogen (secondary N) is 1. The Bertz CT molecular complexity index is 921. The summed E-state index contributed by atoms with van der Waals surface area (Å²) in [7, 11) is 2.06. The number of carbonyl (C=O) groups is 1. The summed E-state index contributed by atoms with van der Waals surface area (Å²) in [5.74, 6) is 0.167. The highest BCUT2D eigenvalue weighted by atomic mass is 16.2. The molecular formula is C17H19N5O. The number of hydrogen-bond acceptors (Lipinski definition) is 3. The van der Waals surface area contributed by atoms with Crippen LogP contribution in [0.15, 0.2) is 24.5 Å². The number of amides is 1. The van der Waals surface area contributed by atoms with Gasteiger partial charge >= 0.3 is 0 Å². The summed E-state index contributed by atoms with van der Waals surface area (Å²) in [6, 6.07) is 6.52. The molecule has 4 rings (SSSR count). The van der Waals surface area contributed by atoms with Crippen molar-refractivity contribution in [3.8, 4) is 0 Å². The molecule has 0 fully saturated rings. The molecule has 1 aliphatic heterocycles. The average molecular weight is 309 g/mol. The van der Waals surface area contributed by atoms with Gasteiger partial charge in [0.25, 0.3) is 5.91 Å². The number of anilines is 1. The van der Waals surface area contributed by atoms with E-state index >= 15 is 0 Å². The number of aromatic nitrogens is 3. The summed E-state index contributed by atoms with van der Waals surface area (Å²) in [5.41, 5.74) is 11.2. The molecule has 0 bridgehead atoms. The zero-order valence-electron chi connectivity index (χ0n) is 13.3. The summed E-state index contributed by atoms with van der Waals surface area (Å²) in [4.78, 5) is 21.2. The minimum Gasteiger partial charge on any atom is -0.382 e. The van der Waals surface area contributed by atoms with Crippen LogP contribution in [0.3, 0.4) is 0 Å². The zero-order valence-corrected chi connectivity index (χ0v) is 13.3. The predicted octanol–water partition coefficient (Wildman–Crippen LogP) is 1.99. The topological polar surface area (TPSA) is 79.9 Å². The Balaban J connectivity index is 1.74. The molecule has 1 aromatic carbocycles. The Hall–Kier alpha value is -2.76. The highest BCUT2D eigenvalue weighted by Crippen LogP contribution is 2.31. The van der Waals surface area contributed by atoms with Crippen molar-refractivity contribution in [3.63, 3.8) is 0 Å². The van der Waals surface area contributed by atoms with Crippen LogP contribution in [-0.4, -0.2) is 31.9 Å². The minimum atomic E-state index is -0.0907. The van der Waals surface area contributed by atoms with Crippen molar-refractivity contribution >= 4 is 22.6 Å². The quantitative estimate of drug-likeness (QED) is 0.721. The van der Waals surface area contributed by atoms with Crippen LogP contribution < -0.4 is 5.73 Å². The van der Waals surface area contributed by atoms with Crippen molar-refractivity contribution in [2.45, 2.75) is 19.9 Å². The maximum atomic E-state index is 12.6. The van der Waals surface area contributed by atoms with Gasteiger partial charge in [-0.2, -0.15) is 0 Å². The van der Waals surface area contributed by atoms with Gasteiger partial charge in [0.05, 0.1) is 12.9 Å². The molecule has 6 nitrogen and oxygen atoms in total. The number of rotatable bonds is 1. The number of nitrogens with zero attached hydrogens (tertiary/aromatic N) is 3. The molecule has 3 N–H and O–H groups in total. The Morgan fingerprint density at radius 2 is 2.22 bits per heavy atom. The molecular weight excluding hydrogens is 290 g/mol. The number of benzene rings is 1. The largest absolute Gasteiger partial charge is 0.382 e. The van der Waals surface area contributed by atoms with E-state index in [9.17, 15) is 4.79 Å². The van der Waals surface area contributed by atoms with Gasteiger partial charge in [-0.15, -0.1) is 0 Å². The van der Waals surface area contributed by atoms with E-state index in [0.717, 1.165) is 6.42 Å². The van der Waals surface area contributed by atoms with Crippen LogP contribution in [0.4, 0.5) is 5.82 Å². The Morgan fingerprint density at radius 1 is 1.39 bits per heavy atom. The number of carbonyl (C=O) groups excluding carboxylic acids is 1. The SMILES string of the molecule is Cc1ccc2c(c1)c1c(n2C)CN(C(=O)c2[nH]cnc2N)CC1. The van der Waals surface area contributed by atoms with Gasteiger partial charge in [0.2, 0.25) is 0 Å². The molecule has 6 heteroatoms. The van der Waals surface area contributed by atoms with E-state index in [4.69, 9.17) is 5.73 Å². The molecule has 1 aliphatic rings. The standard InChI is InChI=1S/C17H19N5O/c1-10-3-4-13-12(7-10)11-5-6-22(8-14(11)21(13)2)17(23)15-16(18)20-9-19-15/h3-4,7,9H,5-6,8,18H2,1-2H3,(H,19,20). The molecule has 0 saturated carbocycles. The maximum absolute atomic E-state index is 12.6. The lowest BCUT2D eigenvalue weighted by molar-refractivity contribution is 0.0727. The number of H-pyrrole nitrogens is 1. The third kappa shape index (κ3) is 2.02. The van der Waals surface area contributed by atoms with E-state index in [2.05, 4.69) is 46.7 Å². The number of imidazole rings is 1. The molecule has 3 aromatic rings. The second-order valence-corrected chi connectivity index (χ2v) is 6.14. The third-order valence-corrected chi connectivity index (χ3v) is 4.73. The zero-order chi connectivity index (χ0) is 16.1. The summed E-state index contributed by atoms with van der Waals surface area (Å²) in [6.07, 6.45) is 2.31. The summed E-state index contributed by atoms with van der Waals surface area (Å²) in [6.45, 7) is 3.40. The van der Waals surface area contributed by atoms with Crippen LogP contribution in [0.2, 0.25) is 0 Å².